The lowest BCUT2D eigenvalue weighted by atomic mass is 10.1. The topological polar surface area (TPSA) is 38.7 Å². The molecule has 19 heavy (non-hydrogen) atoms. The maximum atomic E-state index is 9.88. The van der Waals surface area contributed by atoms with Crippen LogP contribution in [0.1, 0.15) is 18.6 Å². The van der Waals surface area contributed by atoms with Gasteiger partial charge in [-0.25, -0.2) is 0 Å². The molecule has 0 fully saturated rings. The molecule has 0 aliphatic heterocycles. The molecule has 0 aromatic heterocycles. The van der Waals surface area contributed by atoms with Crippen molar-refractivity contribution in [2.24, 2.45) is 0 Å². The Balaban J connectivity index is 2.39. The molecule has 0 aliphatic carbocycles. The maximum absolute atomic E-state index is 9.88. The lowest BCUT2D eigenvalue weighted by Gasteiger charge is -2.16. The number of halogens is 1. The SMILES string of the molecule is COc1cccc(Oc2cccc(Br)c2)c1C(C)O. The summed E-state index contributed by atoms with van der Waals surface area (Å²) in [6, 6.07) is 13.0. The van der Waals surface area contributed by atoms with E-state index in [1.54, 1.807) is 20.1 Å². The van der Waals surface area contributed by atoms with E-state index in [9.17, 15) is 5.11 Å². The van der Waals surface area contributed by atoms with E-state index in [0.29, 0.717) is 22.8 Å². The molecule has 1 unspecified atom stereocenters. The van der Waals surface area contributed by atoms with Gasteiger partial charge in [0.25, 0.3) is 0 Å². The molecule has 1 N–H and O–H groups in total. The van der Waals surface area contributed by atoms with Gasteiger partial charge in [-0.2, -0.15) is 0 Å². The van der Waals surface area contributed by atoms with Crippen molar-refractivity contribution in [2.75, 3.05) is 7.11 Å². The number of aliphatic hydroxyl groups excluding tert-OH is 1. The van der Waals surface area contributed by atoms with Gasteiger partial charge in [-0.05, 0) is 37.3 Å². The molecule has 0 spiro atoms. The molecule has 1 atom stereocenters. The van der Waals surface area contributed by atoms with E-state index in [1.807, 2.05) is 36.4 Å². The van der Waals surface area contributed by atoms with Crippen LogP contribution in [0.3, 0.4) is 0 Å². The van der Waals surface area contributed by atoms with Crippen LogP contribution in [0.2, 0.25) is 0 Å². The maximum Gasteiger partial charge on any atom is 0.136 e. The van der Waals surface area contributed by atoms with Gasteiger partial charge in [0.15, 0.2) is 0 Å². The Kier molecular flexibility index (Phi) is 4.45. The monoisotopic (exact) mass is 322 g/mol. The minimum absolute atomic E-state index is 0.590. The summed E-state index contributed by atoms with van der Waals surface area (Å²) in [4.78, 5) is 0. The highest BCUT2D eigenvalue weighted by Gasteiger charge is 2.15. The molecule has 0 saturated heterocycles. The van der Waals surface area contributed by atoms with Crippen molar-refractivity contribution in [1.29, 1.82) is 0 Å². The first-order chi connectivity index (χ1) is 9.11. The molecule has 3 nitrogen and oxygen atoms in total. The summed E-state index contributed by atoms with van der Waals surface area (Å²) in [5.41, 5.74) is 0.643. The summed E-state index contributed by atoms with van der Waals surface area (Å²) in [6.45, 7) is 1.69. The molecule has 4 heteroatoms. The fourth-order valence-electron chi connectivity index (χ4n) is 1.86. The van der Waals surface area contributed by atoms with Gasteiger partial charge in [-0.3, -0.25) is 0 Å². The van der Waals surface area contributed by atoms with Crippen LogP contribution in [0.25, 0.3) is 0 Å². The first kappa shape index (κ1) is 13.9. The lowest BCUT2D eigenvalue weighted by molar-refractivity contribution is 0.190. The zero-order valence-corrected chi connectivity index (χ0v) is 12.3. The summed E-state index contributed by atoms with van der Waals surface area (Å²) < 4.78 is 12.0. The van der Waals surface area contributed by atoms with Crippen molar-refractivity contribution < 1.29 is 14.6 Å². The van der Waals surface area contributed by atoms with Gasteiger partial charge in [0.2, 0.25) is 0 Å². The molecule has 0 heterocycles. The predicted octanol–water partition coefficient (Wildman–Crippen LogP) is 4.30. The largest absolute Gasteiger partial charge is 0.496 e. The molecular formula is C15H15BrO3. The van der Waals surface area contributed by atoms with E-state index in [2.05, 4.69) is 15.9 Å². The molecule has 0 bridgehead atoms. The number of ether oxygens (including phenoxy) is 2. The van der Waals surface area contributed by atoms with Crippen LogP contribution in [-0.4, -0.2) is 12.2 Å². The highest BCUT2D eigenvalue weighted by atomic mass is 79.9. The average Bonchev–Trinajstić information content (AvgIpc) is 2.38. The second-order valence-corrected chi connectivity index (χ2v) is 5.02. The molecule has 100 valence electrons. The Morgan fingerprint density at radius 1 is 1.11 bits per heavy atom. The van der Waals surface area contributed by atoms with Crippen LogP contribution in [-0.2, 0) is 0 Å². The smallest absolute Gasteiger partial charge is 0.136 e. The fraction of sp³-hybridized carbons (Fsp3) is 0.200. The van der Waals surface area contributed by atoms with E-state index in [-0.39, 0.29) is 0 Å². The summed E-state index contributed by atoms with van der Waals surface area (Å²) in [7, 11) is 1.57. The van der Waals surface area contributed by atoms with Crippen molar-refractivity contribution in [3.63, 3.8) is 0 Å². The van der Waals surface area contributed by atoms with Gasteiger partial charge in [0.05, 0.1) is 18.8 Å². The van der Waals surface area contributed by atoms with Crippen molar-refractivity contribution in [1.82, 2.24) is 0 Å². The van der Waals surface area contributed by atoms with Gasteiger partial charge in [0.1, 0.15) is 17.2 Å². The number of hydrogen-bond donors (Lipinski definition) is 1. The van der Waals surface area contributed by atoms with Gasteiger partial charge in [-0.15, -0.1) is 0 Å². The third-order valence-corrected chi connectivity index (χ3v) is 3.18. The zero-order chi connectivity index (χ0) is 13.8. The Morgan fingerprint density at radius 2 is 1.79 bits per heavy atom. The Morgan fingerprint density at radius 3 is 2.42 bits per heavy atom. The number of hydrogen-bond acceptors (Lipinski definition) is 3. The molecule has 2 aromatic rings. The molecule has 0 aliphatic rings. The van der Waals surface area contributed by atoms with E-state index in [0.717, 1.165) is 4.47 Å². The molecule has 0 amide bonds. The van der Waals surface area contributed by atoms with Crippen molar-refractivity contribution in [2.45, 2.75) is 13.0 Å². The lowest BCUT2D eigenvalue weighted by Crippen LogP contribution is -2.00. The molecule has 2 aromatic carbocycles. The van der Waals surface area contributed by atoms with Crippen LogP contribution < -0.4 is 9.47 Å². The minimum Gasteiger partial charge on any atom is -0.496 e. The van der Waals surface area contributed by atoms with Gasteiger partial charge in [-0.1, -0.05) is 28.1 Å². The normalized spacial score (nSPS) is 12.0. The standard InChI is InChI=1S/C15H15BrO3/c1-10(17)15-13(18-2)7-4-8-14(15)19-12-6-3-5-11(16)9-12/h3-10,17H,1-2H3. The van der Waals surface area contributed by atoms with Crippen LogP contribution in [0.4, 0.5) is 0 Å². The number of aliphatic hydroxyl groups is 1. The Bertz CT molecular complexity index is 567. The predicted molar refractivity (Wildman–Crippen MR) is 77.8 cm³/mol. The average molecular weight is 323 g/mol. The van der Waals surface area contributed by atoms with E-state index >= 15 is 0 Å². The summed E-state index contributed by atoms with van der Waals surface area (Å²) in [5, 5.41) is 9.88. The Labute approximate surface area is 120 Å². The summed E-state index contributed by atoms with van der Waals surface area (Å²) in [5.74, 6) is 1.90. The van der Waals surface area contributed by atoms with E-state index < -0.39 is 6.10 Å². The van der Waals surface area contributed by atoms with Crippen molar-refractivity contribution in [3.05, 3.63) is 52.5 Å². The van der Waals surface area contributed by atoms with E-state index in [1.165, 1.54) is 0 Å². The third-order valence-electron chi connectivity index (χ3n) is 2.69. The number of benzene rings is 2. The van der Waals surface area contributed by atoms with Crippen LogP contribution in [0.15, 0.2) is 46.9 Å². The van der Waals surface area contributed by atoms with Crippen molar-refractivity contribution >= 4 is 15.9 Å². The second kappa shape index (κ2) is 6.08. The molecular weight excluding hydrogens is 308 g/mol. The van der Waals surface area contributed by atoms with Gasteiger partial charge < -0.3 is 14.6 Å². The van der Waals surface area contributed by atoms with Crippen molar-refractivity contribution in [3.8, 4) is 17.2 Å². The second-order valence-electron chi connectivity index (χ2n) is 4.11. The number of methoxy groups -OCH3 is 1. The highest BCUT2D eigenvalue weighted by Crippen LogP contribution is 2.36. The highest BCUT2D eigenvalue weighted by molar-refractivity contribution is 9.10. The minimum atomic E-state index is -0.668. The van der Waals surface area contributed by atoms with Crippen LogP contribution in [0.5, 0.6) is 17.2 Å². The van der Waals surface area contributed by atoms with E-state index in [4.69, 9.17) is 9.47 Å². The first-order valence-electron chi connectivity index (χ1n) is 5.90. The van der Waals surface area contributed by atoms with Crippen LogP contribution in [0, 0.1) is 0 Å². The molecule has 2 rings (SSSR count). The number of rotatable bonds is 4. The Hall–Kier alpha value is -1.52. The molecule has 0 radical (unpaired) electrons. The first-order valence-corrected chi connectivity index (χ1v) is 6.69. The third kappa shape index (κ3) is 3.28. The van der Waals surface area contributed by atoms with Gasteiger partial charge >= 0.3 is 0 Å². The summed E-state index contributed by atoms with van der Waals surface area (Å²) >= 11 is 3.40. The quantitative estimate of drug-likeness (QED) is 0.911. The zero-order valence-electron chi connectivity index (χ0n) is 10.8. The van der Waals surface area contributed by atoms with Gasteiger partial charge in [0, 0.05) is 4.47 Å². The molecule has 0 saturated carbocycles. The van der Waals surface area contributed by atoms with Crippen LogP contribution >= 0.6 is 15.9 Å². The fourth-order valence-corrected chi connectivity index (χ4v) is 2.24. The summed E-state index contributed by atoms with van der Waals surface area (Å²) in [6.07, 6.45) is -0.668.